The van der Waals surface area contributed by atoms with Gasteiger partial charge in [-0.1, -0.05) is 54.4 Å². The Hall–Kier alpha value is -0.280. The lowest BCUT2D eigenvalue weighted by molar-refractivity contribution is -0.0714. The molecule has 4 heteroatoms. The Balaban J connectivity index is 0.00000176. The second-order valence-electron chi connectivity index (χ2n) is 11.5. The molecule has 0 nitrogen and oxygen atoms in total. The summed E-state index contributed by atoms with van der Waals surface area (Å²) in [6, 6.07) is 0. The third-order valence-corrected chi connectivity index (χ3v) is 9.14. The fraction of sp³-hybridized carbons (Fsp3) is 1.00. The maximum atomic E-state index is 15.2. The molecular weight excluding hydrogens is 412 g/mol. The second-order valence-corrected chi connectivity index (χ2v) is 11.5. The van der Waals surface area contributed by atoms with Crippen molar-refractivity contribution in [3.8, 4) is 0 Å². The predicted molar refractivity (Wildman–Crippen MR) is 128 cm³/mol. The molecule has 3 saturated carbocycles. The highest BCUT2D eigenvalue weighted by Gasteiger charge is 2.50. The van der Waals surface area contributed by atoms with E-state index in [1.165, 1.54) is 12.8 Å². The molecule has 0 aromatic rings. The monoisotopic (exact) mass is 462 g/mol. The lowest BCUT2D eigenvalue weighted by Crippen LogP contribution is -2.49. The zero-order chi connectivity index (χ0) is 24.0. The molecule has 190 valence electrons. The first-order valence-corrected chi connectivity index (χ1v) is 13.8. The number of halogens is 4. The maximum absolute atomic E-state index is 15.2. The molecule has 0 heterocycles. The van der Waals surface area contributed by atoms with Crippen LogP contribution in [-0.2, 0) is 0 Å². The smallest absolute Gasteiger partial charge is 0.135 e. The van der Waals surface area contributed by atoms with E-state index in [1.54, 1.807) is 6.92 Å². The van der Waals surface area contributed by atoms with Crippen molar-refractivity contribution in [2.75, 3.05) is 0 Å². The highest BCUT2D eigenvalue weighted by atomic mass is 19.2. The average molecular weight is 463 g/mol. The molecule has 9 atom stereocenters. The van der Waals surface area contributed by atoms with Crippen molar-refractivity contribution >= 4 is 0 Å². The molecule has 3 aliphatic rings. The molecule has 3 aliphatic carbocycles. The van der Waals surface area contributed by atoms with Crippen LogP contribution in [0.2, 0.25) is 0 Å². The van der Waals surface area contributed by atoms with Crippen LogP contribution in [-0.4, -0.2) is 24.7 Å². The molecule has 0 spiro atoms. The summed E-state index contributed by atoms with van der Waals surface area (Å²) in [5, 5.41) is 0. The molecule has 0 radical (unpaired) electrons. The Morgan fingerprint density at radius 3 is 1.62 bits per heavy atom. The van der Waals surface area contributed by atoms with Crippen molar-refractivity contribution in [3.63, 3.8) is 0 Å². The first-order valence-electron chi connectivity index (χ1n) is 13.8. The summed E-state index contributed by atoms with van der Waals surface area (Å²) in [4.78, 5) is 0. The minimum atomic E-state index is -1.64. The van der Waals surface area contributed by atoms with Crippen molar-refractivity contribution in [2.24, 2.45) is 47.3 Å². The van der Waals surface area contributed by atoms with E-state index in [4.69, 9.17) is 0 Å². The Bertz CT molecular complexity index is 516. The molecule has 32 heavy (non-hydrogen) atoms. The van der Waals surface area contributed by atoms with Crippen LogP contribution in [0.25, 0.3) is 0 Å². The minimum absolute atomic E-state index is 0.232. The standard InChI is InChI=1S/C26H44F4.C2H6/c1-15(2)5-6-16(3)18-8-10-19(11-9-18)20-13-14-22(26(30)24(20)28)21-12-7-17(4)23(27)25(21)29;1-2/h15-26H,5-14H2,1-4H3;1-2H3. The van der Waals surface area contributed by atoms with Gasteiger partial charge in [0.15, 0.2) is 0 Å². The molecule has 0 aliphatic heterocycles. The zero-order valence-electron chi connectivity index (χ0n) is 21.5. The van der Waals surface area contributed by atoms with E-state index >= 15 is 8.78 Å². The molecule has 9 unspecified atom stereocenters. The van der Waals surface area contributed by atoms with E-state index in [-0.39, 0.29) is 17.8 Å². The van der Waals surface area contributed by atoms with Crippen LogP contribution in [0.3, 0.4) is 0 Å². The molecule has 0 aromatic carbocycles. The van der Waals surface area contributed by atoms with Crippen LogP contribution in [0.15, 0.2) is 0 Å². The fourth-order valence-electron chi connectivity index (χ4n) is 6.87. The van der Waals surface area contributed by atoms with Crippen molar-refractivity contribution in [3.05, 3.63) is 0 Å². The molecule has 0 aromatic heterocycles. The van der Waals surface area contributed by atoms with Crippen molar-refractivity contribution in [1.82, 2.24) is 0 Å². The highest BCUT2D eigenvalue weighted by molar-refractivity contribution is 4.99. The van der Waals surface area contributed by atoms with E-state index in [2.05, 4.69) is 20.8 Å². The van der Waals surface area contributed by atoms with E-state index in [1.807, 2.05) is 13.8 Å². The molecular formula is C28H50F4. The third-order valence-electron chi connectivity index (χ3n) is 9.14. The van der Waals surface area contributed by atoms with Gasteiger partial charge in [-0.25, -0.2) is 17.6 Å². The SMILES string of the molecule is CC.CC(C)CCC(C)C1CCC(C2CCC(C3CCC(C)C(F)C3F)C(F)C2F)CC1. The predicted octanol–water partition coefficient (Wildman–Crippen LogP) is 9.32. The average Bonchev–Trinajstić information content (AvgIpc) is 2.80. The summed E-state index contributed by atoms with van der Waals surface area (Å²) in [5.41, 5.74) is 0. The van der Waals surface area contributed by atoms with E-state index < -0.39 is 36.5 Å². The van der Waals surface area contributed by atoms with Gasteiger partial charge in [-0.2, -0.15) is 0 Å². The molecule has 3 fully saturated rings. The number of alkyl halides is 4. The van der Waals surface area contributed by atoms with Gasteiger partial charge in [-0.05, 0) is 98.7 Å². The highest BCUT2D eigenvalue weighted by Crippen LogP contribution is 2.49. The van der Waals surface area contributed by atoms with Gasteiger partial charge in [0.25, 0.3) is 0 Å². The van der Waals surface area contributed by atoms with E-state index in [9.17, 15) is 8.78 Å². The molecule has 0 bridgehead atoms. The summed E-state index contributed by atoms with van der Waals surface area (Å²) in [6.07, 6.45) is 2.70. The van der Waals surface area contributed by atoms with Crippen LogP contribution < -0.4 is 0 Å². The largest absolute Gasteiger partial charge is 0.244 e. The van der Waals surface area contributed by atoms with Gasteiger partial charge in [0.05, 0.1) is 0 Å². The van der Waals surface area contributed by atoms with Crippen molar-refractivity contribution < 1.29 is 17.6 Å². The molecule has 0 saturated heterocycles. The lowest BCUT2D eigenvalue weighted by Gasteiger charge is -2.46. The summed E-state index contributed by atoms with van der Waals surface area (Å²) in [6.45, 7) is 12.6. The van der Waals surface area contributed by atoms with Crippen molar-refractivity contribution in [2.45, 2.75) is 130 Å². The third kappa shape index (κ3) is 6.65. The first-order chi connectivity index (χ1) is 15.2. The zero-order valence-corrected chi connectivity index (χ0v) is 21.5. The number of hydrogen-bond acceptors (Lipinski definition) is 0. The maximum Gasteiger partial charge on any atom is 0.135 e. The van der Waals surface area contributed by atoms with E-state index in [0.29, 0.717) is 37.5 Å². The quantitative estimate of drug-likeness (QED) is 0.345. The Kier molecular flexibility index (Phi) is 11.3. The second kappa shape index (κ2) is 13.0. The van der Waals surface area contributed by atoms with Gasteiger partial charge in [-0.15, -0.1) is 0 Å². The summed E-state index contributed by atoms with van der Waals surface area (Å²) in [5.74, 6) is 0.574. The van der Waals surface area contributed by atoms with Crippen molar-refractivity contribution in [1.29, 1.82) is 0 Å². The van der Waals surface area contributed by atoms with Crippen LogP contribution in [0, 0.1) is 47.3 Å². The van der Waals surface area contributed by atoms with Gasteiger partial charge in [0, 0.05) is 0 Å². The topological polar surface area (TPSA) is 0 Å². The molecule has 3 rings (SSSR count). The summed E-state index contributed by atoms with van der Waals surface area (Å²) < 4.78 is 59.1. The van der Waals surface area contributed by atoms with E-state index in [0.717, 1.165) is 31.6 Å². The first kappa shape index (κ1) is 28.0. The van der Waals surface area contributed by atoms with Crippen LogP contribution in [0.1, 0.15) is 106 Å². The van der Waals surface area contributed by atoms with Crippen LogP contribution in [0.5, 0.6) is 0 Å². The van der Waals surface area contributed by atoms with Gasteiger partial charge < -0.3 is 0 Å². The normalized spacial score (nSPS) is 44.0. The lowest BCUT2D eigenvalue weighted by atomic mass is 9.62. The number of rotatable bonds is 6. The van der Waals surface area contributed by atoms with Gasteiger partial charge in [0.2, 0.25) is 0 Å². The molecule has 0 amide bonds. The number of hydrogen-bond donors (Lipinski definition) is 0. The Morgan fingerprint density at radius 2 is 1.06 bits per heavy atom. The molecule has 0 N–H and O–H groups in total. The van der Waals surface area contributed by atoms with Gasteiger partial charge in [0.1, 0.15) is 24.7 Å². The van der Waals surface area contributed by atoms with Gasteiger partial charge in [-0.3, -0.25) is 0 Å². The Labute approximate surface area is 195 Å². The van der Waals surface area contributed by atoms with Gasteiger partial charge >= 0.3 is 0 Å². The summed E-state index contributed by atoms with van der Waals surface area (Å²) >= 11 is 0. The van der Waals surface area contributed by atoms with Crippen LogP contribution >= 0.6 is 0 Å². The summed E-state index contributed by atoms with van der Waals surface area (Å²) in [7, 11) is 0. The Morgan fingerprint density at radius 1 is 0.594 bits per heavy atom. The van der Waals surface area contributed by atoms with Crippen LogP contribution in [0.4, 0.5) is 17.6 Å². The fourth-order valence-corrected chi connectivity index (χ4v) is 6.87. The minimum Gasteiger partial charge on any atom is -0.244 e.